The molecule has 0 bridgehead atoms. The lowest BCUT2D eigenvalue weighted by Crippen LogP contribution is -2.36. The molecule has 1 aromatic rings. The molecule has 2 unspecified atom stereocenters. The minimum atomic E-state index is 0.292. The van der Waals surface area contributed by atoms with Crippen molar-refractivity contribution in [2.75, 3.05) is 6.61 Å². The first-order valence-electron chi connectivity index (χ1n) is 7.51. The quantitative estimate of drug-likeness (QED) is 0.849. The third kappa shape index (κ3) is 3.37. The molecule has 1 aliphatic carbocycles. The van der Waals surface area contributed by atoms with Gasteiger partial charge >= 0.3 is 0 Å². The van der Waals surface area contributed by atoms with E-state index in [1.54, 1.807) is 0 Å². The highest BCUT2D eigenvalue weighted by atomic mass is 16.2. The van der Waals surface area contributed by atoms with Gasteiger partial charge in [0, 0.05) is 18.7 Å². The van der Waals surface area contributed by atoms with Crippen molar-refractivity contribution in [1.29, 1.82) is 0 Å². The second-order valence-corrected chi connectivity index (χ2v) is 6.50. The van der Waals surface area contributed by atoms with Crippen molar-refractivity contribution in [3.63, 3.8) is 0 Å². The SMILES string of the molecule is CC(CCCO)NC1CCC(C)(C)c2ccccc21. The van der Waals surface area contributed by atoms with Gasteiger partial charge in [-0.15, -0.1) is 0 Å². The largest absolute Gasteiger partial charge is 0.396 e. The van der Waals surface area contributed by atoms with Crippen LogP contribution in [0.3, 0.4) is 0 Å². The molecule has 19 heavy (non-hydrogen) atoms. The van der Waals surface area contributed by atoms with E-state index in [1.807, 2.05) is 0 Å². The third-order valence-electron chi connectivity index (χ3n) is 4.40. The molecule has 0 aromatic heterocycles. The van der Waals surface area contributed by atoms with Crippen LogP contribution in [0.5, 0.6) is 0 Å². The monoisotopic (exact) mass is 261 g/mol. The van der Waals surface area contributed by atoms with Crippen LogP contribution in [0.4, 0.5) is 0 Å². The lowest BCUT2D eigenvalue weighted by molar-refractivity contribution is 0.268. The van der Waals surface area contributed by atoms with Crippen LogP contribution in [0.25, 0.3) is 0 Å². The maximum atomic E-state index is 8.92. The number of nitrogens with one attached hydrogen (secondary N) is 1. The Kier molecular flexibility index (Phi) is 4.64. The average Bonchev–Trinajstić information content (AvgIpc) is 2.40. The normalized spacial score (nSPS) is 22.8. The third-order valence-corrected chi connectivity index (χ3v) is 4.40. The van der Waals surface area contributed by atoms with Crippen LogP contribution in [0, 0.1) is 0 Å². The predicted octanol–water partition coefficient (Wildman–Crippen LogP) is 3.55. The Morgan fingerprint density at radius 3 is 2.84 bits per heavy atom. The zero-order valence-electron chi connectivity index (χ0n) is 12.4. The van der Waals surface area contributed by atoms with E-state index in [2.05, 4.69) is 50.4 Å². The Morgan fingerprint density at radius 2 is 2.11 bits per heavy atom. The summed E-state index contributed by atoms with van der Waals surface area (Å²) in [5.74, 6) is 0. The Hall–Kier alpha value is -0.860. The van der Waals surface area contributed by atoms with Crippen molar-refractivity contribution in [2.24, 2.45) is 0 Å². The van der Waals surface area contributed by atoms with Crippen molar-refractivity contribution >= 4 is 0 Å². The Balaban J connectivity index is 2.12. The molecular weight excluding hydrogens is 234 g/mol. The van der Waals surface area contributed by atoms with Gasteiger partial charge in [0.1, 0.15) is 0 Å². The van der Waals surface area contributed by atoms with E-state index in [9.17, 15) is 0 Å². The predicted molar refractivity (Wildman–Crippen MR) is 80.4 cm³/mol. The molecule has 1 aliphatic rings. The van der Waals surface area contributed by atoms with Crippen LogP contribution in [-0.4, -0.2) is 17.8 Å². The van der Waals surface area contributed by atoms with Gasteiger partial charge in [0.25, 0.3) is 0 Å². The van der Waals surface area contributed by atoms with Crippen LogP contribution in [0.2, 0.25) is 0 Å². The van der Waals surface area contributed by atoms with E-state index in [1.165, 1.54) is 24.0 Å². The fourth-order valence-corrected chi connectivity index (χ4v) is 3.21. The van der Waals surface area contributed by atoms with Gasteiger partial charge in [0.05, 0.1) is 0 Å². The van der Waals surface area contributed by atoms with Gasteiger partial charge in [-0.1, -0.05) is 38.1 Å². The summed E-state index contributed by atoms with van der Waals surface area (Å²) in [5, 5.41) is 12.7. The van der Waals surface area contributed by atoms with Crippen molar-refractivity contribution in [1.82, 2.24) is 5.32 Å². The highest BCUT2D eigenvalue weighted by molar-refractivity contribution is 5.38. The van der Waals surface area contributed by atoms with E-state index in [0.717, 1.165) is 12.8 Å². The molecule has 2 atom stereocenters. The average molecular weight is 261 g/mol. The van der Waals surface area contributed by atoms with Gasteiger partial charge in [-0.05, 0) is 49.1 Å². The minimum Gasteiger partial charge on any atom is -0.396 e. The van der Waals surface area contributed by atoms with Crippen LogP contribution in [-0.2, 0) is 5.41 Å². The van der Waals surface area contributed by atoms with Crippen LogP contribution in [0.15, 0.2) is 24.3 Å². The maximum Gasteiger partial charge on any atom is 0.0431 e. The number of rotatable bonds is 5. The standard InChI is InChI=1S/C17H27NO/c1-13(7-6-12-19)18-16-10-11-17(2,3)15-9-5-4-8-14(15)16/h4-5,8-9,13,16,18-19H,6-7,10-12H2,1-3H3. The summed E-state index contributed by atoms with van der Waals surface area (Å²) in [6.07, 6.45) is 4.36. The van der Waals surface area contributed by atoms with Gasteiger partial charge in [-0.25, -0.2) is 0 Å². The molecule has 2 heteroatoms. The van der Waals surface area contributed by atoms with E-state index < -0.39 is 0 Å². The lowest BCUT2D eigenvalue weighted by Gasteiger charge is -2.38. The maximum absolute atomic E-state index is 8.92. The molecule has 1 aromatic carbocycles. The van der Waals surface area contributed by atoms with E-state index in [-0.39, 0.29) is 0 Å². The number of hydrogen-bond donors (Lipinski definition) is 2. The first kappa shape index (κ1) is 14.5. The van der Waals surface area contributed by atoms with Crippen LogP contribution in [0.1, 0.15) is 63.6 Å². The molecule has 106 valence electrons. The van der Waals surface area contributed by atoms with E-state index >= 15 is 0 Å². The number of hydrogen-bond acceptors (Lipinski definition) is 2. The Bertz CT molecular complexity index is 413. The summed E-state index contributed by atoms with van der Waals surface area (Å²) in [5.41, 5.74) is 3.26. The summed E-state index contributed by atoms with van der Waals surface area (Å²) >= 11 is 0. The Morgan fingerprint density at radius 1 is 1.37 bits per heavy atom. The molecule has 0 spiro atoms. The van der Waals surface area contributed by atoms with E-state index in [0.29, 0.717) is 24.1 Å². The molecule has 2 nitrogen and oxygen atoms in total. The first-order chi connectivity index (χ1) is 9.04. The topological polar surface area (TPSA) is 32.3 Å². The summed E-state index contributed by atoms with van der Waals surface area (Å²) in [7, 11) is 0. The molecule has 0 radical (unpaired) electrons. The molecule has 0 amide bonds. The van der Waals surface area contributed by atoms with Crippen LogP contribution < -0.4 is 5.32 Å². The smallest absolute Gasteiger partial charge is 0.0431 e. The number of aliphatic hydroxyl groups excluding tert-OH is 1. The number of aliphatic hydroxyl groups is 1. The minimum absolute atomic E-state index is 0.292. The second kappa shape index (κ2) is 6.06. The van der Waals surface area contributed by atoms with Crippen molar-refractivity contribution < 1.29 is 5.11 Å². The second-order valence-electron chi connectivity index (χ2n) is 6.50. The van der Waals surface area contributed by atoms with Gasteiger partial charge in [-0.2, -0.15) is 0 Å². The molecule has 2 rings (SSSR count). The van der Waals surface area contributed by atoms with Crippen molar-refractivity contribution in [3.05, 3.63) is 35.4 Å². The fourth-order valence-electron chi connectivity index (χ4n) is 3.21. The number of fused-ring (bicyclic) bond motifs is 1. The molecule has 0 aliphatic heterocycles. The highest BCUT2D eigenvalue weighted by Crippen LogP contribution is 2.41. The van der Waals surface area contributed by atoms with Gasteiger partial charge in [0.2, 0.25) is 0 Å². The lowest BCUT2D eigenvalue weighted by atomic mass is 9.71. The zero-order valence-corrected chi connectivity index (χ0v) is 12.4. The molecule has 0 saturated heterocycles. The molecule has 0 saturated carbocycles. The van der Waals surface area contributed by atoms with Gasteiger partial charge in [-0.3, -0.25) is 0 Å². The van der Waals surface area contributed by atoms with E-state index in [4.69, 9.17) is 5.11 Å². The molecule has 0 fully saturated rings. The molecule has 2 N–H and O–H groups in total. The molecular formula is C17H27NO. The number of benzene rings is 1. The first-order valence-corrected chi connectivity index (χ1v) is 7.51. The Labute approximate surface area is 117 Å². The van der Waals surface area contributed by atoms with Crippen molar-refractivity contribution in [3.8, 4) is 0 Å². The van der Waals surface area contributed by atoms with Gasteiger partial charge < -0.3 is 10.4 Å². The summed E-state index contributed by atoms with van der Waals surface area (Å²) in [6.45, 7) is 7.20. The zero-order chi connectivity index (χ0) is 13.9. The highest BCUT2D eigenvalue weighted by Gasteiger charge is 2.32. The fraction of sp³-hybridized carbons (Fsp3) is 0.647. The summed E-state index contributed by atoms with van der Waals surface area (Å²) in [4.78, 5) is 0. The van der Waals surface area contributed by atoms with Crippen LogP contribution >= 0.6 is 0 Å². The summed E-state index contributed by atoms with van der Waals surface area (Å²) in [6, 6.07) is 9.78. The van der Waals surface area contributed by atoms with Crippen molar-refractivity contribution in [2.45, 2.75) is 64.0 Å². The summed E-state index contributed by atoms with van der Waals surface area (Å²) < 4.78 is 0. The molecule has 0 heterocycles. The van der Waals surface area contributed by atoms with Gasteiger partial charge in [0.15, 0.2) is 0 Å².